The first-order valence-electron chi connectivity index (χ1n) is 6.15. The van der Waals surface area contributed by atoms with Gasteiger partial charge in [-0.15, -0.1) is 0 Å². The summed E-state index contributed by atoms with van der Waals surface area (Å²) in [5.74, 6) is 1.01. The van der Waals surface area contributed by atoms with Crippen LogP contribution in [-0.2, 0) is 0 Å². The van der Waals surface area contributed by atoms with E-state index in [1.54, 1.807) is 0 Å². The Hall–Kier alpha value is -0.0800. The lowest BCUT2D eigenvalue weighted by molar-refractivity contribution is 0.00993. The van der Waals surface area contributed by atoms with Gasteiger partial charge >= 0.3 is 0 Å². The number of hydrogen-bond acceptors (Lipinski definition) is 2. The molecule has 14 heavy (non-hydrogen) atoms. The summed E-state index contributed by atoms with van der Waals surface area (Å²) >= 11 is 0. The van der Waals surface area contributed by atoms with E-state index < -0.39 is 0 Å². The van der Waals surface area contributed by atoms with Gasteiger partial charge in [0.25, 0.3) is 0 Å². The highest BCUT2D eigenvalue weighted by atomic mass is 15.2. The van der Waals surface area contributed by atoms with Crippen molar-refractivity contribution in [2.45, 2.75) is 57.7 Å². The molecular formula is C12H24N2. The van der Waals surface area contributed by atoms with E-state index in [0.29, 0.717) is 12.1 Å². The average Bonchev–Trinajstić information content (AvgIpc) is 2.28. The third-order valence-corrected chi connectivity index (χ3v) is 4.46. The van der Waals surface area contributed by atoms with E-state index in [1.807, 2.05) is 0 Å². The highest BCUT2D eigenvalue weighted by Gasteiger charge is 2.36. The smallest absolute Gasteiger partial charge is 0.0221 e. The Bertz CT molecular complexity index is 185. The molecule has 0 amide bonds. The quantitative estimate of drug-likeness (QED) is 0.741. The van der Waals surface area contributed by atoms with Crippen molar-refractivity contribution in [3.63, 3.8) is 0 Å². The minimum Gasteiger partial charge on any atom is -0.316 e. The molecule has 0 radical (unpaired) electrons. The van der Waals surface area contributed by atoms with Gasteiger partial charge in [0.2, 0.25) is 0 Å². The van der Waals surface area contributed by atoms with Gasteiger partial charge in [0, 0.05) is 24.7 Å². The fourth-order valence-electron chi connectivity index (χ4n) is 3.13. The van der Waals surface area contributed by atoms with Gasteiger partial charge in [-0.1, -0.05) is 0 Å². The molecular weight excluding hydrogens is 172 g/mol. The zero-order chi connectivity index (χ0) is 10.1. The van der Waals surface area contributed by atoms with Gasteiger partial charge < -0.3 is 5.32 Å². The fraction of sp³-hybridized carbons (Fsp3) is 1.00. The summed E-state index contributed by atoms with van der Waals surface area (Å²) in [7, 11) is 2.07. The molecule has 2 saturated heterocycles. The molecule has 0 aromatic carbocycles. The molecule has 2 nitrogen and oxygen atoms in total. The molecule has 3 rings (SSSR count). The maximum absolute atomic E-state index is 3.38. The number of rotatable bonds is 3. The van der Waals surface area contributed by atoms with Crippen molar-refractivity contribution >= 4 is 0 Å². The molecule has 2 atom stereocenters. The molecule has 2 bridgehead atoms. The molecule has 0 aromatic rings. The molecule has 2 aliphatic heterocycles. The zero-order valence-electron chi connectivity index (χ0n) is 9.79. The van der Waals surface area contributed by atoms with Crippen LogP contribution in [0.15, 0.2) is 0 Å². The van der Waals surface area contributed by atoms with E-state index in [-0.39, 0.29) is 0 Å². The second-order valence-corrected chi connectivity index (χ2v) is 5.19. The lowest BCUT2D eigenvalue weighted by Crippen LogP contribution is -2.56. The highest BCUT2D eigenvalue weighted by Crippen LogP contribution is 2.36. The Balaban J connectivity index is 1.97. The number of nitrogens with one attached hydrogen (secondary N) is 1. The van der Waals surface area contributed by atoms with Gasteiger partial charge in [0.15, 0.2) is 0 Å². The van der Waals surface area contributed by atoms with Crippen LogP contribution in [0.4, 0.5) is 0 Å². The average molecular weight is 196 g/mol. The summed E-state index contributed by atoms with van der Waals surface area (Å²) in [5, 5.41) is 3.38. The van der Waals surface area contributed by atoms with Crippen LogP contribution in [0.1, 0.15) is 39.5 Å². The first kappa shape index (κ1) is 10.4. The molecule has 1 aliphatic carbocycles. The van der Waals surface area contributed by atoms with E-state index in [4.69, 9.17) is 0 Å². The summed E-state index contributed by atoms with van der Waals surface area (Å²) in [6, 6.07) is 2.22. The van der Waals surface area contributed by atoms with Gasteiger partial charge in [0.05, 0.1) is 0 Å². The molecule has 3 fully saturated rings. The SMILES string of the molecule is CNC(C)C(C)N1CC2CCC1CC2. The lowest BCUT2D eigenvalue weighted by atomic mass is 9.79. The fourth-order valence-corrected chi connectivity index (χ4v) is 3.13. The van der Waals surface area contributed by atoms with Crippen LogP contribution in [0.2, 0.25) is 0 Å². The normalized spacial score (nSPS) is 37.1. The van der Waals surface area contributed by atoms with E-state index >= 15 is 0 Å². The minimum atomic E-state index is 0.620. The first-order valence-corrected chi connectivity index (χ1v) is 6.15. The molecule has 1 saturated carbocycles. The summed E-state index contributed by atoms with van der Waals surface area (Å²) in [6.45, 7) is 6.03. The molecule has 0 aromatic heterocycles. The van der Waals surface area contributed by atoms with Crippen molar-refractivity contribution in [1.82, 2.24) is 10.2 Å². The second kappa shape index (κ2) is 4.19. The van der Waals surface area contributed by atoms with Crippen molar-refractivity contribution < 1.29 is 0 Å². The molecule has 3 aliphatic rings. The van der Waals surface area contributed by atoms with Crippen molar-refractivity contribution in [3.05, 3.63) is 0 Å². The Labute approximate surface area is 88.1 Å². The first-order chi connectivity index (χ1) is 6.72. The predicted molar refractivity (Wildman–Crippen MR) is 60.4 cm³/mol. The zero-order valence-corrected chi connectivity index (χ0v) is 9.79. The predicted octanol–water partition coefficient (Wildman–Crippen LogP) is 1.86. The van der Waals surface area contributed by atoms with Crippen LogP contribution in [0.5, 0.6) is 0 Å². The third-order valence-electron chi connectivity index (χ3n) is 4.46. The molecule has 2 heterocycles. The van der Waals surface area contributed by atoms with E-state index in [0.717, 1.165) is 12.0 Å². The van der Waals surface area contributed by atoms with E-state index in [9.17, 15) is 0 Å². The standard InChI is InChI=1S/C12H24N2/c1-9(13-3)10(2)14-8-11-4-6-12(14)7-5-11/h9-13H,4-8H2,1-3H3. The highest BCUT2D eigenvalue weighted by molar-refractivity contribution is 4.92. The van der Waals surface area contributed by atoms with Gasteiger partial charge in [-0.3, -0.25) is 4.90 Å². The lowest BCUT2D eigenvalue weighted by Gasteiger charge is -2.49. The van der Waals surface area contributed by atoms with Gasteiger partial charge in [-0.25, -0.2) is 0 Å². The number of fused-ring (bicyclic) bond motifs is 3. The van der Waals surface area contributed by atoms with Crippen LogP contribution < -0.4 is 5.32 Å². The number of nitrogens with zero attached hydrogens (tertiary/aromatic N) is 1. The van der Waals surface area contributed by atoms with Crippen LogP contribution in [0.3, 0.4) is 0 Å². The van der Waals surface area contributed by atoms with Crippen LogP contribution in [0, 0.1) is 5.92 Å². The molecule has 1 N–H and O–H groups in total. The maximum atomic E-state index is 3.38. The van der Waals surface area contributed by atoms with Crippen molar-refractivity contribution in [2.24, 2.45) is 5.92 Å². The summed E-state index contributed by atoms with van der Waals surface area (Å²) in [6.07, 6.45) is 5.88. The summed E-state index contributed by atoms with van der Waals surface area (Å²) in [4.78, 5) is 2.75. The summed E-state index contributed by atoms with van der Waals surface area (Å²) in [5.41, 5.74) is 0. The topological polar surface area (TPSA) is 15.3 Å². The van der Waals surface area contributed by atoms with Crippen LogP contribution >= 0.6 is 0 Å². The second-order valence-electron chi connectivity index (χ2n) is 5.19. The van der Waals surface area contributed by atoms with Crippen molar-refractivity contribution in [1.29, 1.82) is 0 Å². The van der Waals surface area contributed by atoms with E-state index in [2.05, 4.69) is 31.1 Å². The molecule has 2 unspecified atom stereocenters. The van der Waals surface area contributed by atoms with Gasteiger partial charge in [0.1, 0.15) is 0 Å². The van der Waals surface area contributed by atoms with Crippen molar-refractivity contribution in [2.75, 3.05) is 13.6 Å². The van der Waals surface area contributed by atoms with Gasteiger partial charge in [-0.05, 0) is 52.5 Å². The third kappa shape index (κ3) is 1.82. The van der Waals surface area contributed by atoms with Crippen LogP contribution in [-0.4, -0.2) is 36.6 Å². The minimum absolute atomic E-state index is 0.620. The van der Waals surface area contributed by atoms with Crippen molar-refractivity contribution in [3.8, 4) is 0 Å². The Morgan fingerprint density at radius 2 is 1.79 bits per heavy atom. The summed E-state index contributed by atoms with van der Waals surface area (Å²) < 4.78 is 0. The molecule has 0 spiro atoms. The van der Waals surface area contributed by atoms with Gasteiger partial charge in [-0.2, -0.15) is 0 Å². The Morgan fingerprint density at radius 3 is 2.21 bits per heavy atom. The monoisotopic (exact) mass is 196 g/mol. The Morgan fingerprint density at radius 1 is 1.14 bits per heavy atom. The van der Waals surface area contributed by atoms with E-state index in [1.165, 1.54) is 32.2 Å². The number of likely N-dealkylation sites (N-methyl/N-ethyl adjacent to an activating group) is 1. The molecule has 82 valence electrons. The number of piperidine rings is 2. The molecule has 2 heteroatoms. The Kier molecular flexibility index (Phi) is 3.13. The largest absolute Gasteiger partial charge is 0.316 e. The maximum Gasteiger partial charge on any atom is 0.0221 e. The van der Waals surface area contributed by atoms with Crippen LogP contribution in [0.25, 0.3) is 0 Å². The number of hydrogen-bond donors (Lipinski definition) is 1.